The van der Waals surface area contributed by atoms with Crippen LogP contribution >= 0.6 is 35.4 Å². The van der Waals surface area contributed by atoms with E-state index in [4.69, 9.17) is 35.4 Å². The summed E-state index contributed by atoms with van der Waals surface area (Å²) in [4.78, 5) is 12.2. The maximum Gasteiger partial charge on any atom is 0.250 e. The molecular weight excluding hydrogens is 387 g/mol. The van der Waals surface area contributed by atoms with Crippen molar-refractivity contribution in [2.75, 3.05) is 0 Å². The largest absolute Gasteiger partial charge is 0.359 e. The number of amides is 1. The first kappa shape index (κ1) is 18.3. The van der Waals surface area contributed by atoms with Gasteiger partial charge in [-0.25, -0.2) is 0 Å². The van der Waals surface area contributed by atoms with Gasteiger partial charge >= 0.3 is 0 Å². The van der Waals surface area contributed by atoms with Gasteiger partial charge in [-0.1, -0.05) is 29.3 Å². The van der Waals surface area contributed by atoms with Crippen LogP contribution in [-0.4, -0.2) is 17.1 Å². The van der Waals surface area contributed by atoms with E-state index in [1.54, 1.807) is 24.3 Å². The zero-order chi connectivity index (χ0) is 18.3. The number of hydrogen-bond acceptors (Lipinski definition) is 2. The van der Waals surface area contributed by atoms with Gasteiger partial charge in [-0.15, -0.1) is 0 Å². The first-order valence-electron chi connectivity index (χ1n) is 9.22. The average molecular weight is 409 g/mol. The van der Waals surface area contributed by atoms with E-state index in [-0.39, 0.29) is 5.91 Å². The van der Waals surface area contributed by atoms with Crippen molar-refractivity contribution in [3.8, 4) is 0 Å². The van der Waals surface area contributed by atoms with E-state index in [2.05, 4.69) is 10.6 Å². The number of carbonyl (C=O) groups is 1. The lowest BCUT2D eigenvalue weighted by atomic mass is 9.54. The fraction of sp³-hybridized carbons (Fsp3) is 0.500. The maximum atomic E-state index is 12.2. The monoisotopic (exact) mass is 408 g/mol. The van der Waals surface area contributed by atoms with Gasteiger partial charge in [-0.2, -0.15) is 0 Å². The standard InChI is InChI=1S/C20H22Cl2N2OS/c21-16-3-1-13(17(22)10-16)2-4-18(25)23-20(26)24-19-14-6-11-5-12(8-14)9-15(19)7-11/h1-4,10-12,14-15,19H,5-9H2,(H2,23,24,25,26)/b4-2+. The fourth-order valence-corrected chi connectivity index (χ4v) is 6.01. The first-order valence-corrected chi connectivity index (χ1v) is 10.4. The van der Waals surface area contributed by atoms with E-state index in [0.29, 0.717) is 33.0 Å². The van der Waals surface area contributed by atoms with E-state index in [1.807, 2.05) is 0 Å². The lowest BCUT2D eigenvalue weighted by Crippen LogP contribution is -2.57. The molecule has 2 N–H and O–H groups in total. The number of carbonyl (C=O) groups excluding carboxylic acids is 1. The van der Waals surface area contributed by atoms with Crippen LogP contribution in [0.3, 0.4) is 0 Å². The fourth-order valence-electron chi connectivity index (χ4n) is 5.30. The van der Waals surface area contributed by atoms with Gasteiger partial charge in [0.1, 0.15) is 0 Å². The molecule has 4 aliphatic rings. The van der Waals surface area contributed by atoms with E-state index in [1.165, 1.54) is 38.2 Å². The Morgan fingerprint density at radius 3 is 2.35 bits per heavy atom. The summed E-state index contributed by atoms with van der Waals surface area (Å²) in [5, 5.41) is 7.70. The number of benzene rings is 1. The quantitative estimate of drug-likeness (QED) is 0.556. The van der Waals surface area contributed by atoms with Crippen molar-refractivity contribution in [1.29, 1.82) is 0 Å². The van der Waals surface area contributed by atoms with Crippen LogP contribution in [0.15, 0.2) is 24.3 Å². The van der Waals surface area contributed by atoms with E-state index >= 15 is 0 Å². The highest BCUT2D eigenvalue weighted by Crippen LogP contribution is 2.53. The predicted octanol–water partition coefficient (Wildman–Crippen LogP) is 4.82. The molecule has 0 spiro atoms. The lowest BCUT2D eigenvalue weighted by molar-refractivity contribution is -0.115. The number of rotatable bonds is 3. The van der Waals surface area contributed by atoms with Gasteiger partial charge in [0.2, 0.25) is 5.91 Å². The third kappa shape index (κ3) is 3.92. The van der Waals surface area contributed by atoms with Crippen LogP contribution in [0.2, 0.25) is 10.0 Å². The van der Waals surface area contributed by atoms with Gasteiger partial charge < -0.3 is 5.32 Å². The van der Waals surface area contributed by atoms with Gasteiger partial charge in [-0.3, -0.25) is 10.1 Å². The molecule has 1 aromatic rings. The zero-order valence-corrected chi connectivity index (χ0v) is 16.7. The Morgan fingerprint density at radius 1 is 1.08 bits per heavy atom. The molecule has 0 saturated heterocycles. The molecule has 0 radical (unpaired) electrons. The molecule has 0 unspecified atom stereocenters. The molecule has 4 aliphatic carbocycles. The molecule has 138 valence electrons. The Morgan fingerprint density at radius 2 is 1.73 bits per heavy atom. The molecule has 3 nitrogen and oxygen atoms in total. The van der Waals surface area contributed by atoms with E-state index < -0.39 is 0 Å². The molecule has 6 heteroatoms. The Labute approximate surface area is 169 Å². The Bertz CT molecular complexity index is 736. The SMILES string of the molecule is O=C(/C=C/c1ccc(Cl)cc1Cl)NC(=S)NC1C2CC3CC(C2)CC1C3. The summed E-state index contributed by atoms with van der Waals surface area (Å²) >= 11 is 17.4. The average Bonchev–Trinajstić information content (AvgIpc) is 2.56. The van der Waals surface area contributed by atoms with Crippen molar-refractivity contribution in [2.45, 2.75) is 38.1 Å². The minimum atomic E-state index is -0.252. The third-order valence-electron chi connectivity index (χ3n) is 6.14. The van der Waals surface area contributed by atoms with Gasteiger partial charge in [0.05, 0.1) is 0 Å². The van der Waals surface area contributed by atoms with E-state index in [9.17, 15) is 4.79 Å². The van der Waals surface area contributed by atoms with Crippen LogP contribution in [0.1, 0.15) is 37.7 Å². The highest BCUT2D eigenvalue weighted by molar-refractivity contribution is 7.80. The molecule has 26 heavy (non-hydrogen) atoms. The molecule has 0 aliphatic heterocycles. The van der Waals surface area contributed by atoms with Gasteiger partial charge in [0.25, 0.3) is 0 Å². The van der Waals surface area contributed by atoms with E-state index in [0.717, 1.165) is 17.4 Å². The van der Waals surface area contributed by atoms with Crippen LogP contribution in [0, 0.1) is 23.7 Å². The molecule has 1 amide bonds. The predicted molar refractivity (Wildman–Crippen MR) is 110 cm³/mol. The summed E-state index contributed by atoms with van der Waals surface area (Å²) in [7, 11) is 0. The van der Waals surface area contributed by atoms with Crippen molar-refractivity contribution >= 4 is 52.5 Å². The number of hydrogen-bond donors (Lipinski definition) is 2. The maximum absolute atomic E-state index is 12.2. The summed E-state index contributed by atoms with van der Waals surface area (Å²) < 4.78 is 0. The highest BCUT2D eigenvalue weighted by Gasteiger charge is 2.48. The second-order valence-electron chi connectivity index (χ2n) is 7.92. The normalized spacial score (nSPS) is 32.0. The van der Waals surface area contributed by atoms with Crippen LogP contribution in [0.5, 0.6) is 0 Å². The number of thiocarbonyl (C=S) groups is 1. The Kier molecular flexibility index (Phi) is 5.27. The minimum Gasteiger partial charge on any atom is -0.359 e. The molecule has 4 saturated carbocycles. The number of nitrogens with one attached hydrogen (secondary N) is 2. The molecule has 1 aromatic carbocycles. The highest BCUT2D eigenvalue weighted by atomic mass is 35.5. The van der Waals surface area contributed by atoms with Crippen molar-refractivity contribution < 1.29 is 4.79 Å². The molecule has 4 bridgehead atoms. The Hall–Kier alpha value is -1.10. The van der Waals surface area contributed by atoms with Gasteiger partial charge in [0, 0.05) is 22.2 Å². The van der Waals surface area contributed by atoms with Crippen LogP contribution in [0.4, 0.5) is 0 Å². The molecule has 0 aromatic heterocycles. The van der Waals surface area contributed by atoms with Crippen molar-refractivity contribution in [2.24, 2.45) is 23.7 Å². The summed E-state index contributed by atoms with van der Waals surface area (Å²) in [6.45, 7) is 0. The number of halogens is 2. The molecular formula is C20H22Cl2N2OS. The van der Waals surface area contributed by atoms with Crippen LogP contribution in [0.25, 0.3) is 6.08 Å². The molecule has 0 atom stereocenters. The molecule has 4 fully saturated rings. The molecule has 0 heterocycles. The Balaban J connectivity index is 1.32. The van der Waals surface area contributed by atoms with Crippen LogP contribution < -0.4 is 10.6 Å². The first-order chi connectivity index (χ1) is 12.5. The zero-order valence-electron chi connectivity index (χ0n) is 14.4. The van der Waals surface area contributed by atoms with Gasteiger partial charge in [0.15, 0.2) is 5.11 Å². The summed E-state index contributed by atoms with van der Waals surface area (Å²) in [5.74, 6) is 3.02. The van der Waals surface area contributed by atoms with Crippen molar-refractivity contribution in [1.82, 2.24) is 10.6 Å². The lowest BCUT2D eigenvalue weighted by Gasteiger charge is -2.54. The van der Waals surface area contributed by atoms with Crippen LogP contribution in [-0.2, 0) is 4.79 Å². The third-order valence-corrected chi connectivity index (χ3v) is 6.92. The smallest absolute Gasteiger partial charge is 0.250 e. The second kappa shape index (κ2) is 7.49. The summed E-state index contributed by atoms with van der Waals surface area (Å²) in [5.41, 5.74) is 0.742. The van der Waals surface area contributed by atoms with Gasteiger partial charge in [-0.05, 0) is 91.8 Å². The topological polar surface area (TPSA) is 41.1 Å². The summed E-state index contributed by atoms with van der Waals surface area (Å²) in [6, 6.07) is 5.59. The minimum absolute atomic E-state index is 0.252. The molecule has 5 rings (SSSR count). The summed E-state index contributed by atoms with van der Waals surface area (Å²) in [6.07, 6.45) is 9.80. The second-order valence-corrected chi connectivity index (χ2v) is 9.17. The van der Waals surface area contributed by atoms with Crippen molar-refractivity contribution in [3.05, 3.63) is 39.9 Å². The van der Waals surface area contributed by atoms with Crippen molar-refractivity contribution in [3.63, 3.8) is 0 Å².